The van der Waals surface area contributed by atoms with Gasteiger partial charge in [-0.15, -0.1) is 0 Å². The van der Waals surface area contributed by atoms with Crippen molar-refractivity contribution in [1.29, 1.82) is 0 Å². The molecular formula is C40H50N10O9. The smallest absolute Gasteiger partial charge is 0.407 e. The van der Waals surface area contributed by atoms with Crippen LogP contribution in [0.5, 0.6) is 11.5 Å². The molecule has 0 aliphatic rings. The van der Waals surface area contributed by atoms with Gasteiger partial charge in [0.25, 0.3) is 5.69 Å². The molecule has 5 aromatic rings. The van der Waals surface area contributed by atoms with Gasteiger partial charge in [0.15, 0.2) is 11.5 Å². The number of ether oxygens (including phenoxy) is 4. The quantitative estimate of drug-likeness (QED) is 0.0339. The number of nitrogens with two attached hydrogens (primary N) is 2. The zero-order chi connectivity index (χ0) is 42.9. The van der Waals surface area contributed by atoms with E-state index >= 15 is 0 Å². The zero-order valence-corrected chi connectivity index (χ0v) is 34.0. The molecule has 0 radical (unpaired) electrons. The second-order valence-electron chi connectivity index (χ2n) is 14.4. The number of hydrogen-bond acceptors (Lipinski definition) is 13. The van der Waals surface area contributed by atoms with Gasteiger partial charge in [-0.3, -0.25) is 24.4 Å². The topological polar surface area (TPSA) is 256 Å². The minimum absolute atomic E-state index is 0.0346. The average Bonchev–Trinajstić information content (AvgIpc) is 3.72. The number of nitrogens with zero attached hydrogens (tertiary/aromatic N) is 6. The van der Waals surface area contributed by atoms with Crippen molar-refractivity contribution in [3.05, 3.63) is 75.6 Å². The zero-order valence-electron chi connectivity index (χ0n) is 34.0. The Balaban J connectivity index is 1.46. The van der Waals surface area contributed by atoms with Crippen molar-refractivity contribution < 1.29 is 38.3 Å². The number of amides is 3. The van der Waals surface area contributed by atoms with Gasteiger partial charge < -0.3 is 45.6 Å². The van der Waals surface area contributed by atoms with E-state index in [0.717, 1.165) is 17.5 Å². The molecule has 0 aliphatic heterocycles. The third-order valence-corrected chi connectivity index (χ3v) is 8.79. The number of carbonyl (C=O) groups is 3. The predicted octanol–water partition coefficient (Wildman–Crippen LogP) is 5.26. The Morgan fingerprint density at radius 1 is 0.949 bits per heavy atom. The van der Waals surface area contributed by atoms with Crippen molar-refractivity contribution in [2.45, 2.75) is 66.2 Å². The molecule has 0 aliphatic carbocycles. The van der Waals surface area contributed by atoms with Crippen LogP contribution in [-0.4, -0.2) is 92.8 Å². The van der Waals surface area contributed by atoms with Crippen molar-refractivity contribution in [1.82, 2.24) is 29.6 Å². The molecule has 5 rings (SSSR count). The Labute approximate surface area is 340 Å². The van der Waals surface area contributed by atoms with Gasteiger partial charge in [-0.2, -0.15) is 5.10 Å². The molecule has 0 spiro atoms. The number of nitrogens with one attached hydrogen (secondary N) is 2. The summed E-state index contributed by atoms with van der Waals surface area (Å²) in [7, 11) is 1.60. The van der Waals surface area contributed by atoms with E-state index in [-0.39, 0.29) is 48.8 Å². The molecule has 0 atom stereocenters. The number of rotatable bonds is 20. The molecule has 0 fully saturated rings. The van der Waals surface area contributed by atoms with Crippen molar-refractivity contribution in [3.63, 3.8) is 0 Å². The van der Waals surface area contributed by atoms with E-state index in [2.05, 4.69) is 20.7 Å². The van der Waals surface area contributed by atoms with Crippen LogP contribution in [0.15, 0.2) is 48.7 Å². The van der Waals surface area contributed by atoms with Crippen LogP contribution in [0.3, 0.4) is 0 Å². The van der Waals surface area contributed by atoms with Crippen LogP contribution in [0, 0.1) is 17.0 Å². The van der Waals surface area contributed by atoms with E-state index in [0.29, 0.717) is 66.1 Å². The number of carbonyl (C=O) groups excluding carboxylic acids is 3. The largest absolute Gasteiger partial charge is 0.491 e. The standard InChI is InChI=1S/C40H50N10O9/c1-7-49-30(18-24(2)47-49)37-45-23-28-27-19-25(35(41)51)22-32(58-17-11-15-56-6)34(27)48(38(28)46-37)14-9-8-12-43-33-29(50(54)55)20-26(36(42)52)21-31(33)57-16-10-13-44-39(53)59-40(3,4)5/h8-9,18-23,43H,7,10-17H2,1-6H3,(H2,41,51)(H2,42,52)(H,44,53)/b9-8+. The predicted molar refractivity (Wildman–Crippen MR) is 221 cm³/mol. The number of anilines is 1. The van der Waals surface area contributed by atoms with Gasteiger partial charge in [-0.1, -0.05) is 12.2 Å². The minimum atomic E-state index is -0.867. The number of benzene rings is 2. The van der Waals surface area contributed by atoms with Crippen LogP contribution in [0.4, 0.5) is 16.2 Å². The lowest BCUT2D eigenvalue weighted by molar-refractivity contribution is -0.384. The normalized spacial score (nSPS) is 11.6. The number of aryl methyl sites for hydroxylation is 2. The summed E-state index contributed by atoms with van der Waals surface area (Å²) in [5, 5.41) is 23.8. The summed E-state index contributed by atoms with van der Waals surface area (Å²) in [5.41, 5.74) is 13.1. The number of methoxy groups -OCH3 is 1. The number of fused-ring (bicyclic) bond motifs is 3. The van der Waals surface area contributed by atoms with Gasteiger partial charge in [0.2, 0.25) is 11.8 Å². The van der Waals surface area contributed by atoms with Crippen LogP contribution in [0.2, 0.25) is 0 Å². The number of nitro benzene ring substituents is 1. The summed E-state index contributed by atoms with van der Waals surface area (Å²) < 4.78 is 26.3. The van der Waals surface area contributed by atoms with Gasteiger partial charge in [-0.05, 0) is 65.3 Å². The lowest BCUT2D eigenvalue weighted by Crippen LogP contribution is -2.33. The maximum absolute atomic E-state index is 12.5. The SMILES string of the molecule is CCn1nc(C)cc1-c1ncc2c3cc(C(N)=O)cc(OCCCOC)c3n(C/C=C/CNc3c(OCCCNC(=O)OC(C)(C)C)cc(C(N)=O)cc3[N+](=O)[O-])c2n1. The van der Waals surface area contributed by atoms with Gasteiger partial charge in [-0.25, -0.2) is 14.8 Å². The average molecular weight is 815 g/mol. The second-order valence-corrected chi connectivity index (χ2v) is 14.4. The molecule has 59 heavy (non-hydrogen) atoms. The van der Waals surface area contributed by atoms with Gasteiger partial charge in [0.05, 0.1) is 29.3 Å². The highest BCUT2D eigenvalue weighted by Crippen LogP contribution is 2.38. The molecule has 2 aromatic carbocycles. The van der Waals surface area contributed by atoms with Crippen LogP contribution >= 0.6 is 0 Å². The summed E-state index contributed by atoms with van der Waals surface area (Å²) in [6, 6.07) is 7.62. The van der Waals surface area contributed by atoms with Crippen LogP contribution in [-0.2, 0) is 22.6 Å². The first-order chi connectivity index (χ1) is 28.1. The summed E-state index contributed by atoms with van der Waals surface area (Å²) in [4.78, 5) is 57.8. The molecule has 0 saturated heterocycles. The lowest BCUT2D eigenvalue weighted by atomic mass is 10.1. The fourth-order valence-electron chi connectivity index (χ4n) is 6.23. The minimum Gasteiger partial charge on any atom is -0.491 e. The van der Waals surface area contributed by atoms with E-state index < -0.39 is 34.1 Å². The third kappa shape index (κ3) is 10.8. The van der Waals surface area contributed by atoms with Gasteiger partial charge in [0.1, 0.15) is 28.4 Å². The Hall–Kier alpha value is -6.76. The monoisotopic (exact) mass is 814 g/mol. The molecule has 19 nitrogen and oxygen atoms in total. The summed E-state index contributed by atoms with van der Waals surface area (Å²) >= 11 is 0. The highest BCUT2D eigenvalue weighted by atomic mass is 16.6. The van der Waals surface area contributed by atoms with E-state index in [1.165, 1.54) is 6.07 Å². The first-order valence-corrected chi connectivity index (χ1v) is 19.0. The van der Waals surface area contributed by atoms with Crippen LogP contribution in [0.1, 0.15) is 66.9 Å². The van der Waals surface area contributed by atoms with Crippen molar-refractivity contribution in [2.24, 2.45) is 11.5 Å². The molecule has 19 heteroatoms. The van der Waals surface area contributed by atoms with Gasteiger partial charge >= 0.3 is 6.09 Å². The van der Waals surface area contributed by atoms with Crippen molar-refractivity contribution in [2.75, 3.05) is 45.3 Å². The first-order valence-electron chi connectivity index (χ1n) is 19.0. The highest BCUT2D eigenvalue weighted by molar-refractivity contribution is 6.11. The Kier molecular flexibility index (Phi) is 14.1. The fraction of sp³-hybridized carbons (Fsp3) is 0.400. The van der Waals surface area contributed by atoms with E-state index in [4.69, 9.17) is 35.4 Å². The second kappa shape index (κ2) is 19.1. The van der Waals surface area contributed by atoms with Crippen LogP contribution < -0.4 is 31.6 Å². The highest BCUT2D eigenvalue weighted by Gasteiger charge is 2.24. The summed E-state index contributed by atoms with van der Waals surface area (Å²) in [6.07, 6.45) is 5.65. The van der Waals surface area contributed by atoms with Crippen molar-refractivity contribution in [3.8, 4) is 23.0 Å². The number of hydrogen-bond donors (Lipinski definition) is 4. The van der Waals surface area contributed by atoms with Gasteiger partial charge in [0, 0.05) is 80.5 Å². The molecule has 0 saturated carbocycles. The van der Waals surface area contributed by atoms with Crippen LogP contribution in [0.25, 0.3) is 33.5 Å². The lowest BCUT2D eigenvalue weighted by Gasteiger charge is -2.19. The number of alkyl carbamates (subject to hydrolysis) is 1. The summed E-state index contributed by atoms with van der Waals surface area (Å²) in [5.74, 6) is -0.590. The first kappa shape index (κ1) is 43.4. The molecule has 3 aromatic heterocycles. The number of aromatic nitrogens is 5. The maximum Gasteiger partial charge on any atom is 0.407 e. The third-order valence-electron chi connectivity index (χ3n) is 8.79. The molecule has 0 bridgehead atoms. The Morgan fingerprint density at radius 3 is 2.32 bits per heavy atom. The number of allylic oxidation sites excluding steroid dienone is 1. The molecule has 314 valence electrons. The maximum atomic E-state index is 12.5. The Morgan fingerprint density at radius 2 is 1.64 bits per heavy atom. The summed E-state index contributed by atoms with van der Waals surface area (Å²) in [6.45, 7) is 11.1. The molecular weight excluding hydrogens is 765 g/mol. The number of primary amides is 2. The van der Waals surface area contributed by atoms with E-state index in [1.807, 2.05) is 35.2 Å². The molecule has 3 heterocycles. The molecule has 6 N–H and O–H groups in total. The van der Waals surface area contributed by atoms with E-state index in [1.54, 1.807) is 52.3 Å². The fourth-order valence-corrected chi connectivity index (χ4v) is 6.23. The van der Waals surface area contributed by atoms with Crippen molar-refractivity contribution >= 4 is 51.2 Å². The van der Waals surface area contributed by atoms with E-state index in [9.17, 15) is 24.5 Å². The molecule has 0 unspecified atom stereocenters. The molecule has 3 amide bonds. The number of nitro groups is 1. The Bertz CT molecular complexity index is 2380.